The molecule has 2 heterocycles. The van der Waals surface area contributed by atoms with E-state index in [0.29, 0.717) is 6.10 Å². The van der Waals surface area contributed by atoms with Gasteiger partial charge in [-0.05, 0) is 38.3 Å². The van der Waals surface area contributed by atoms with Gasteiger partial charge >= 0.3 is 0 Å². The van der Waals surface area contributed by atoms with Gasteiger partial charge in [-0.1, -0.05) is 18.9 Å². The van der Waals surface area contributed by atoms with Crippen LogP contribution in [-0.4, -0.2) is 67.8 Å². The number of aromatic nitrogens is 1. The molecule has 1 saturated carbocycles. The molecule has 1 N–H and O–H groups in total. The zero-order chi connectivity index (χ0) is 18.0. The van der Waals surface area contributed by atoms with Crippen LogP contribution in [0.15, 0.2) is 29.4 Å². The molecule has 7 heteroatoms. The summed E-state index contributed by atoms with van der Waals surface area (Å²) in [6, 6.07) is 6.10. The molecule has 3 rings (SSSR count). The van der Waals surface area contributed by atoms with E-state index in [1.165, 1.54) is 25.7 Å². The molecular weight excluding hydrogens is 453 g/mol. The minimum atomic E-state index is 0. The molecule has 2 fully saturated rings. The van der Waals surface area contributed by atoms with Crippen LogP contribution in [-0.2, 0) is 4.74 Å². The smallest absolute Gasteiger partial charge is 0.194 e. The van der Waals surface area contributed by atoms with Crippen molar-refractivity contribution in [1.82, 2.24) is 15.2 Å². The maximum Gasteiger partial charge on any atom is 0.194 e. The van der Waals surface area contributed by atoms with Crippen molar-refractivity contribution in [3.8, 4) is 0 Å². The molecule has 0 aromatic carbocycles. The molecule has 0 spiro atoms. The number of hydrogen-bond donors (Lipinski definition) is 1. The third-order valence-corrected chi connectivity index (χ3v) is 5.11. The lowest BCUT2D eigenvalue weighted by molar-refractivity contribution is 0.0579. The quantitative estimate of drug-likeness (QED) is 0.277. The van der Waals surface area contributed by atoms with Crippen LogP contribution in [0, 0.1) is 0 Å². The average Bonchev–Trinajstić information content (AvgIpc) is 3.21. The Bertz CT molecular complexity index is 543. The first kappa shape index (κ1) is 22.2. The SMILES string of the molecule is CCNC(=NCCCOC1CCCC1)N1CCN(c2ccccn2)CC1.I. The zero-order valence-corrected chi connectivity index (χ0v) is 18.8. The van der Waals surface area contributed by atoms with Crippen molar-refractivity contribution in [2.24, 2.45) is 4.99 Å². The van der Waals surface area contributed by atoms with Gasteiger partial charge in [-0.25, -0.2) is 4.98 Å². The topological polar surface area (TPSA) is 53.0 Å². The fourth-order valence-corrected chi connectivity index (χ4v) is 3.67. The number of aliphatic imine (C=N–C) groups is 1. The standard InChI is InChI=1S/C20H33N5O.HI/c1-2-21-20(23-12-7-17-26-18-8-3-4-9-18)25-15-13-24(14-16-25)19-10-5-6-11-22-19;/h5-6,10-11,18H,2-4,7-9,12-17H2,1H3,(H,21,23);1H. The van der Waals surface area contributed by atoms with Gasteiger partial charge in [0.25, 0.3) is 0 Å². The highest BCUT2D eigenvalue weighted by molar-refractivity contribution is 14.0. The average molecular weight is 487 g/mol. The minimum Gasteiger partial charge on any atom is -0.378 e. The number of guanidine groups is 1. The van der Waals surface area contributed by atoms with Gasteiger partial charge in [-0.3, -0.25) is 4.99 Å². The van der Waals surface area contributed by atoms with Crippen molar-refractivity contribution < 1.29 is 4.74 Å². The molecule has 1 saturated heterocycles. The number of halogens is 1. The summed E-state index contributed by atoms with van der Waals surface area (Å²) < 4.78 is 5.94. The van der Waals surface area contributed by atoms with Crippen LogP contribution in [0.3, 0.4) is 0 Å². The zero-order valence-electron chi connectivity index (χ0n) is 16.5. The van der Waals surface area contributed by atoms with E-state index in [1.54, 1.807) is 0 Å². The molecule has 152 valence electrons. The fraction of sp³-hybridized carbons (Fsp3) is 0.700. The molecule has 0 radical (unpaired) electrons. The van der Waals surface area contributed by atoms with E-state index in [-0.39, 0.29) is 24.0 Å². The first-order valence-corrected chi connectivity index (χ1v) is 10.2. The van der Waals surface area contributed by atoms with Crippen LogP contribution in [0.4, 0.5) is 5.82 Å². The number of nitrogens with one attached hydrogen (secondary N) is 1. The molecule has 1 aliphatic heterocycles. The summed E-state index contributed by atoms with van der Waals surface area (Å²) in [5.74, 6) is 2.10. The molecule has 0 amide bonds. The van der Waals surface area contributed by atoms with Crippen molar-refractivity contribution in [2.75, 3.05) is 50.8 Å². The van der Waals surface area contributed by atoms with Crippen molar-refractivity contribution >= 4 is 35.8 Å². The third-order valence-electron chi connectivity index (χ3n) is 5.11. The van der Waals surface area contributed by atoms with Gasteiger partial charge in [0.1, 0.15) is 5.82 Å². The molecule has 1 aromatic heterocycles. The number of nitrogens with zero attached hydrogens (tertiary/aromatic N) is 4. The second-order valence-electron chi connectivity index (χ2n) is 7.03. The summed E-state index contributed by atoms with van der Waals surface area (Å²) >= 11 is 0. The Morgan fingerprint density at radius 3 is 2.67 bits per heavy atom. The van der Waals surface area contributed by atoms with Crippen LogP contribution >= 0.6 is 24.0 Å². The second kappa shape index (κ2) is 12.4. The van der Waals surface area contributed by atoms with E-state index in [2.05, 4.69) is 33.1 Å². The van der Waals surface area contributed by atoms with Gasteiger partial charge in [0.2, 0.25) is 0 Å². The number of piperazine rings is 1. The molecule has 1 aliphatic carbocycles. The van der Waals surface area contributed by atoms with Crippen LogP contribution < -0.4 is 10.2 Å². The van der Waals surface area contributed by atoms with Gasteiger partial charge < -0.3 is 19.9 Å². The summed E-state index contributed by atoms with van der Waals surface area (Å²) in [4.78, 5) is 14.0. The van der Waals surface area contributed by atoms with Gasteiger partial charge in [0, 0.05) is 52.1 Å². The Kier molecular flexibility index (Phi) is 10.2. The van der Waals surface area contributed by atoms with Gasteiger partial charge in [0.05, 0.1) is 6.10 Å². The summed E-state index contributed by atoms with van der Waals surface area (Å²) in [5.41, 5.74) is 0. The molecular formula is C20H34IN5O. The highest BCUT2D eigenvalue weighted by Crippen LogP contribution is 2.20. The molecule has 1 aromatic rings. The van der Waals surface area contributed by atoms with E-state index < -0.39 is 0 Å². The normalized spacial score (nSPS) is 18.5. The Labute approximate surface area is 180 Å². The Balaban J connectivity index is 0.00000261. The fourth-order valence-electron chi connectivity index (χ4n) is 3.67. The van der Waals surface area contributed by atoms with Crippen molar-refractivity contribution in [3.63, 3.8) is 0 Å². The van der Waals surface area contributed by atoms with Crippen molar-refractivity contribution in [2.45, 2.75) is 45.1 Å². The highest BCUT2D eigenvalue weighted by Gasteiger charge is 2.20. The summed E-state index contributed by atoms with van der Waals surface area (Å²) in [5, 5.41) is 3.44. The Morgan fingerprint density at radius 2 is 2.00 bits per heavy atom. The lowest BCUT2D eigenvalue weighted by Crippen LogP contribution is -2.52. The summed E-state index contributed by atoms with van der Waals surface area (Å²) in [6.07, 6.45) is 8.52. The predicted molar refractivity (Wildman–Crippen MR) is 122 cm³/mol. The van der Waals surface area contributed by atoms with E-state index >= 15 is 0 Å². The summed E-state index contributed by atoms with van der Waals surface area (Å²) in [6.45, 7) is 8.59. The van der Waals surface area contributed by atoms with Crippen molar-refractivity contribution in [1.29, 1.82) is 0 Å². The number of anilines is 1. The minimum absolute atomic E-state index is 0. The largest absolute Gasteiger partial charge is 0.378 e. The molecule has 0 bridgehead atoms. The van der Waals surface area contributed by atoms with Gasteiger partial charge in [-0.2, -0.15) is 0 Å². The van der Waals surface area contributed by atoms with Crippen molar-refractivity contribution in [3.05, 3.63) is 24.4 Å². The number of hydrogen-bond acceptors (Lipinski definition) is 4. The predicted octanol–water partition coefficient (Wildman–Crippen LogP) is 3.14. The number of pyridine rings is 1. The first-order chi connectivity index (χ1) is 12.9. The van der Waals surface area contributed by atoms with E-state index in [1.807, 2.05) is 18.3 Å². The monoisotopic (exact) mass is 487 g/mol. The van der Waals surface area contributed by atoms with E-state index in [4.69, 9.17) is 9.73 Å². The molecule has 2 aliphatic rings. The molecule has 6 nitrogen and oxygen atoms in total. The summed E-state index contributed by atoms with van der Waals surface area (Å²) in [7, 11) is 0. The van der Waals surface area contributed by atoms with Crippen LogP contribution in [0.5, 0.6) is 0 Å². The molecule has 0 unspecified atom stereocenters. The van der Waals surface area contributed by atoms with E-state index in [9.17, 15) is 0 Å². The maximum absolute atomic E-state index is 5.94. The third kappa shape index (κ3) is 7.10. The van der Waals surface area contributed by atoms with E-state index in [0.717, 1.165) is 64.1 Å². The second-order valence-corrected chi connectivity index (χ2v) is 7.03. The van der Waals surface area contributed by atoms with Gasteiger partial charge in [-0.15, -0.1) is 24.0 Å². The van der Waals surface area contributed by atoms with Crippen LogP contribution in [0.2, 0.25) is 0 Å². The maximum atomic E-state index is 5.94. The molecule has 27 heavy (non-hydrogen) atoms. The lowest BCUT2D eigenvalue weighted by atomic mass is 10.3. The highest BCUT2D eigenvalue weighted by atomic mass is 127. The number of rotatable bonds is 7. The van der Waals surface area contributed by atoms with Gasteiger partial charge in [0.15, 0.2) is 5.96 Å². The van der Waals surface area contributed by atoms with Crippen LogP contribution in [0.25, 0.3) is 0 Å². The first-order valence-electron chi connectivity index (χ1n) is 10.2. The number of ether oxygens (including phenoxy) is 1. The van der Waals surface area contributed by atoms with Crippen LogP contribution in [0.1, 0.15) is 39.0 Å². The lowest BCUT2D eigenvalue weighted by Gasteiger charge is -2.37. The molecule has 0 atom stereocenters. The Hall–Kier alpha value is -1.09. The Morgan fingerprint density at radius 1 is 1.22 bits per heavy atom.